The fourth-order valence-corrected chi connectivity index (χ4v) is 2.91. The number of fused-ring (bicyclic) bond motifs is 1. The predicted molar refractivity (Wildman–Crippen MR) is 97.8 cm³/mol. The van der Waals surface area contributed by atoms with E-state index in [0.717, 1.165) is 4.90 Å². The lowest BCUT2D eigenvalue weighted by Gasteiger charge is -2.15. The lowest BCUT2D eigenvalue weighted by molar-refractivity contribution is -0.145. The molecular weight excluding hydrogens is 368 g/mol. The van der Waals surface area contributed by atoms with Crippen molar-refractivity contribution in [2.45, 2.75) is 32.4 Å². The Labute approximate surface area is 160 Å². The Morgan fingerprint density at radius 3 is 2.61 bits per heavy atom. The molecule has 0 spiro atoms. The molecule has 0 unspecified atom stereocenters. The average Bonchev–Trinajstić information content (AvgIpc) is 2.84. The molecule has 9 heteroatoms. The van der Waals surface area contributed by atoms with E-state index in [1.165, 1.54) is 13.2 Å². The monoisotopic (exact) mass is 388 g/mol. The van der Waals surface area contributed by atoms with Gasteiger partial charge < -0.3 is 19.2 Å². The maximum atomic E-state index is 12.1. The van der Waals surface area contributed by atoms with Gasteiger partial charge >= 0.3 is 17.6 Å². The zero-order chi connectivity index (χ0) is 20.5. The van der Waals surface area contributed by atoms with Crippen LogP contribution in [0.5, 0.6) is 5.75 Å². The number of ether oxygens (including phenoxy) is 2. The first-order valence-electron chi connectivity index (χ1n) is 8.62. The van der Waals surface area contributed by atoms with E-state index in [1.807, 2.05) is 0 Å². The van der Waals surface area contributed by atoms with Crippen LogP contribution in [-0.4, -0.2) is 42.0 Å². The third-order valence-electron chi connectivity index (χ3n) is 4.41. The van der Waals surface area contributed by atoms with Crippen LogP contribution < -0.4 is 15.7 Å². The number of rotatable bonds is 6. The summed E-state index contributed by atoms with van der Waals surface area (Å²) >= 11 is 0. The summed E-state index contributed by atoms with van der Waals surface area (Å²) in [6.07, 6.45) is -0.150. The molecule has 2 heterocycles. The molecule has 0 saturated carbocycles. The quantitative estimate of drug-likeness (QED) is 0.454. The number of benzene rings is 1. The summed E-state index contributed by atoms with van der Waals surface area (Å²) in [5, 5.41) is 3.16. The van der Waals surface area contributed by atoms with Gasteiger partial charge in [0.1, 0.15) is 23.5 Å². The fourth-order valence-electron chi connectivity index (χ4n) is 2.91. The van der Waals surface area contributed by atoms with Gasteiger partial charge in [0.15, 0.2) is 0 Å². The highest BCUT2D eigenvalue weighted by Gasteiger charge is 2.44. The Hall–Kier alpha value is -3.36. The second-order valence-corrected chi connectivity index (χ2v) is 6.88. The van der Waals surface area contributed by atoms with Crippen molar-refractivity contribution in [1.29, 1.82) is 0 Å². The molecule has 1 aromatic heterocycles. The summed E-state index contributed by atoms with van der Waals surface area (Å²) in [5.41, 5.74) is -0.759. The number of nitrogens with zero attached hydrogens (tertiary/aromatic N) is 1. The molecule has 0 atom stereocenters. The number of hydrogen-bond donors (Lipinski definition) is 1. The number of imide groups is 1. The minimum atomic E-state index is -0.987. The lowest BCUT2D eigenvalue weighted by atomic mass is 10.1. The van der Waals surface area contributed by atoms with Crippen LogP contribution >= 0.6 is 0 Å². The van der Waals surface area contributed by atoms with Gasteiger partial charge in [-0.2, -0.15) is 0 Å². The van der Waals surface area contributed by atoms with E-state index in [0.29, 0.717) is 22.3 Å². The van der Waals surface area contributed by atoms with Crippen molar-refractivity contribution in [3.8, 4) is 5.75 Å². The van der Waals surface area contributed by atoms with Crippen molar-refractivity contribution < 1.29 is 28.3 Å². The Kier molecular flexibility index (Phi) is 5.08. The lowest BCUT2D eigenvalue weighted by Crippen LogP contribution is -2.40. The first-order valence-corrected chi connectivity index (χ1v) is 8.62. The first-order chi connectivity index (χ1) is 13.2. The number of carbonyl (C=O) groups is 3. The summed E-state index contributed by atoms with van der Waals surface area (Å²) in [4.78, 5) is 48.7. The Bertz CT molecular complexity index is 1010. The van der Waals surface area contributed by atoms with Crippen molar-refractivity contribution in [2.24, 2.45) is 0 Å². The van der Waals surface area contributed by atoms with Crippen LogP contribution in [0.15, 0.2) is 33.5 Å². The molecule has 2 aromatic rings. The molecule has 3 rings (SSSR count). The van der Waals surface area contributed by atoms with Gasteiger partial charge in [0, 0.05) is 29.6 Å². The van der Waals surface area contributed by atoms with Gasteiger partial charge in [0.2, 0.25) is 0 Å². The standard InChI is InChI=1S/C19H20N2O7/c1-19(2)17(24)21(18(25)20-19)7-6-15(22)27-10-11-8-16(23)28-14-9-12(26-3)4-5-13(11)14/h4-5,8-9H,6-7,10H2,1-3H3,(H,20,25). The van der Waals surface area contributed by atoms with Gasteiger partial charge in [-0.15, -0.1) is 0 Å². The van der Waals surface area contributed by atoms with E-state index in [9.17, 15) is 19.2 Å². The SMILES string of the molecule is COc1ccc2c(COC(=O)CCN3C(=O)NC(C)(C)C3=O)cc(=O)oc2c1. The van der Waals surface area contributed by atoms with E-state index in [-0.39, 0.29) is 19.6 Å². The molecule has 1 aliphatic heterocycles. The van der Waals surface area contributed by atoms with Crippen LogP contribution in [0.25, 0.3) is 11.0 Å². The molecule has 1 aliphatic rings. The molecule has 1 fully saturated rings. The van der Waals surface area contributed by atoms with Crippen molar-refractivity contribution >= 4 is 28.9 Å². The Morgan fingerprint density at radius 2 is 1.96 bits per heavy atom. The predicted octanol–water partition coefficient (Wildman–Crippen LogP) is 1.57. The largest absolute Gasteiger partial charge is 0.497 e. The minimum absolute atomic E-state index is 0.0815. The number of nitrogens with one attached hydrogen (secondary N) is 1. The van der Waals surface area contributed by atoms with E-state index in [4.69, 9.17) is 13.9 Å². The number of esters is 1. The highest BCUT2D eigenvalue weighted by molar-refractivity contribution is 6.06. The summed E-state index contributed by atoms with van der Waals surface area (Å²) in [7, 11) is 1.50. The van der Waals surface area contributed by atoms with Gasteiger partial charge in [-0.3, -0.25) is 14.5 Å². The molecular formula is C19H20N2O7. The topological polar surface area (TPSA) is 115 Å². The van der Waals surface area contributed by atoms with E-state index < -0.39 is 29.1 Å². The maximum Gasteiger partial charge on any atom is 0.336 e. The molecule has 28 heavy (non-hydrogen) atoms. The second kappa shape index (κ2) is 7.34. The third-order valence-corrected chi connectivity index (χ3v) is 4.41. The molecule has 0 radical (unpaired) electrons. The molecule has 148 valence electrons. The fraction of sp³-hybridized carbons (Fsp3) is 0.368. The number of hydrogen-bond acceptors (Lipinski definition) is 7. The number of urea groups is 1. The summed E-state index contributed by atoms with van der Waals surface area (Å²) in [6, 6.07) is 5.69. The average molecular weight is 388 g/mol. The van der Waals surface area contributed by atoms with Crippen LogP contribution in [0, 0.1) is 0 Å². The zero-order valence-corrected chi connectivity index (χ0v) is 15.7. The molecule has 1 N–H and O–H groups in total. The van der Waals surface area contributed by atoms with E-state index >= 15 is 0 Å². The molecule has 0 bridgehead atoms. The second-order valence-electron chi connectivity index (χ2n) is 6.88. The molecule has 1 saturated heterocycles. The Morgan fingerprint density at radius 1 is 1.21 bits per heavy atom. The van der Waals surface area contributed by atoms with Gasteiger partial charge in [-0.25, -0.2) is 9.59 Å². The Balaban J connectivity index is 1.64. The summed E-state index contributed by atoms with van der Waals surface area (Å²) in [6.45, 7) is 2.96. The van der Waals surface area contributed by atoms with Crippen molar-refractivity contribution in [2.75, 3.05) is 13.7 Å². The van der Waals surface area contributed by atoms with Crippen LogP contribution in [0.2, 0.25) is 0 Å². The van der Waals surface area contributed by atoms with Crippen molar-refractivity contribution in [3.63, 3.8) is 0 Å². The summed E-state index contributed by atoms with van der Waals surface area (Å²) in [5.74, 6) is -0.465. The highest BCUT2D eigenvalue weighted by atomic mass is 16.5. The normalized spacial score (nSPS) is 15.6. The van der Waals surface area contributed by atoms with E-state index in [1.54, 1.807) is 32.0 Å². The van der Waals surface area contributed by atoms with Crippen molar-refractivity contribution in [3.05, 3.63) is 40.2 Å². The number of amides is 3. The molecule has 3 amide bonds. The summed E-state index contributed by atoms with van der Waals surface area (Å²) < 4.78 is 15.5. The highest BCUT2D eigenvalue weighted by Crippen LogP contribution is 2.23. The van der Waals surface area contributed by atoms with Gasteiger partial charge in [0.05, 0.1) is 13.5 Å². The maximum absolute atomic E-state index is 12.1. The molecule has 0 aliphatic carbocycles. The smallest absolute Gasteiger partial charge is 0.336 e. The molecule has 9 nitrogen and oxygen atoms in total. The van der Waals surface area contributed by atoms with Crippen LogP contribution in [-0.2, 0) is 20.9 Å². The van der Waals surface area contributed by atoms with Crippen LogP contribution in [0.1, 0.15) is 25.8 Å². The van der Waals surface area contributed by atoms with Crippen LogP contribution in [0.4, 0.5) is 4.79 Å². The molecule has 1 aromatic carbocycles. The zero-order valence-electron chi connectivity index (χ0n) is 15.7. The van der Waals surface area contributed by atoms with E-state index in [2.05, 4.69) is 5.32 Å². The van der Waals surface area contributed by atoms with Crippen LogP contribution in [0.3, 0.4) is 0 Å². The van der Waals surface area contributed by atoms with Gasteiger partial charge in [-0.05, 0) is 26.0 Å². The van der Waals surface area contributed by atoms with Gasteiger partial charge in [-0.1, -0.05) is 0 Å². The number of methoxy groups -OCH3 is 1. The third kappa shape index (κ3) is 3.83. The number of carbonyl (C=O) groups excluding carboxylic acids is 3. The van der Waals surface area contributed by atoms with Crippen molar-refractivity contribution in [1.82, 2.24) is 10.2 Å². The first kappa shape index (κ1) is 19.4. The van der Waals surface area contributed by atoms with Gasteiger partial charge in [0.25, 0.3) is 5.91 Å². The minimum Gasteiger partial charge on any atom is -0.497 e.